The highest BCUT2D eigenvalue weighted by molar-refractivity contribution is 5.95. The van der Waals surface area contributed by atoms with E-state index in [1.54, 1.807) is 19.3 Å². The second-order valence-electron chi connectivity index (χ2n) is 4.59. The number of furan rings is 1. The zero-order chi connectivity index (χ0) is 14.4. The van der Waals surface area contributed by atoms with Gasteiger partial charge in [0.05, 0.1) is 18.4 Å². The van der Waals surface area contributed by atoms with Gasteiger partial charge in [-0.05, 0) is 38.1 Å². The van der Waals surface area contributed by atoms with Gasteiger partial charge in [0.1, 0.15) is 5.76 Å². The summed E-state index contributed by atoms with van der Waals surface area (Å²) in [6.45, 7) is 4.22. The molecule has 4 nitrogen and oxygen atoms in total. The molecule has 0 aliphatic rings. The summed E-state index contributed by atoms with van der Waals surface area (Å²) in [5.74, 6) is 0.611. The smallest absolute Gasteiger partial charge is 0.340 e. The molecule has 1 N–H and O–H groups in total. The van der Waals surface area contributed by atoms with Gasteiger partial charge in [-0.25, -0.2) is 4.79 Å². The van der Waals surface area contributed by atoms with Crippen molar-refractivity contribution in [3.63, 3.8) is 0 Å². The molecule has 0 aliphatic carbocycles. The summed E-state index contributed by atoms with van der Waals surface area (Å²) in [7, 11) is 0. The van der Waals surface area contributed by atoms with Crippen molar-refractivity contribution in [2.24, 2.45) is 0 Å². The van der Waals surface area contributed by atoms with Crippen LogP contribution in [-0.4, -0.2) is 18.6 Å². The maximum atomic E-state index is 11.9. The summed E-state index contributed by atoms with van der Waals surface area (Å²) in [6, 6.07) is 11.3. The van der Waals surface area contributed by atoms with Gasteiger partial charge in [-0.1, -0.05) is 12.1 Å². The normalized spacial score (nSPS) is 11.9. The molecule has 1 atom stereocenters. The molecule has 20 heavy (non-hydrogen) atoms. The molecule has 0 fully saturated rings. The van der Waals surface area contributed by atoms with E-state index in [4.69, 9.17) is 9.15 Å². The van der Waals surface area contributed by atoms with E-state index < -0.39 is 0 Å². The van der Waals surface area contributed by atoms with Crippen LogP contribution in [0.15, 0.2) is 47.1 Å². The minimum Gasteiger partial charge on any atom is -0.469 e. The first kappa shape index (κ1) is 14.2. The third kappa shape index (κ3) is 3.63. The number of para-hydroxylation sites is 1. The third-order valence-electron chi connectivity index (χ3n) is 2.91. The van der Waals surface area contributed by atoms with E-state index in [1.165, 1.54) is 0 Å². The molecular formula is C16H19NO3. The predicted octanol–water partition coefficient (Wildman–Crippen LogP) is 3.50. The lowest BCUT2D eigenvalue weighted by molar-refractivity contribution is 0.0527. The fourth-order valence-corrected chi connectivity index (χ4v) is 2.04. The van der Waals surface area contributed by atoms with Crippen LogP contribution >= 0.6 is 0 Å². The van der Waals surface area contributed by atoms with Crippen LogP contribution in [0.1, 0.15) is 30.0 Å². The van der Waals surface area contributed by atoms with Gasteiger partial charge in [0, 0.05) is 18.2 Å². The van der Waals surface area contributed by atoms with Crippen LogP contribution in [0, 0.1) is 0 Å². The molecule has 0 saturated carbocycles. The molecule has 0 amide bonds. The molecule has 0 saturated heterocycles. The average molecular weight is 273 g/mol. The number of anilines is 1. The Bertz CT molecular complexity index is 549. The van der Waals surface area contributed by atoms with Crippen LogP contribution in [0.4, 0.5) is 5.69 Å². The van der Waals surface area contributed by atoms with Crippen molar-refractivity contribution in [1.82, 2.24) is 0 Å². The molecule has 2 rings (SSSR count). The average Bonchev–Trinajstić information content (AvgIpc) is 2.92. The van der Waals surface area contributed by atoms with Crippen LogP contribution in [0.2, 0.25) is 0 Å². The van der Waals surface area contributed by atoms with Gasteiger partial charge in [0.2, 0.25) is 0 Å². The lowest BCUT2D eigenvalue weighted by atomic mass is 10.1. The Morgan fingerprint density at radius 3 is 2.80 bits per heavy atom. The van der Waals surface area contributed by atoms with E-state index in [0.29, 0.717) is 12.2 Å². The maximum absolute atomic E-state index is 11.9. The van der Waals surface area contributed by atoms with Gasteiger partial charge in [0.25, 0.3) is 0 Å². The maximum Gasteiger partial charge on any atom is 0.340 e. The van der Waals surface area contributed by atoms with E-state index in [2.05, 4.69) is 5.32 Å². The summed E-state index contributed by atoms with van der Waals surface area (Å²) in [5.41, 5.74) is 1.34. The zero-order valence-electron chi connectivity index (χ0n) is 11.8. The Labute approximate surface area is 118 Å². The molecule has 2 aromatic rings. The number of rotatable bonds is 6. The lowest BCUT2D eigenvalue weighted by Crippen LogP contribution is -2.20. The second-order valence-corrected chi connectivity index (χ2v) is 4.59. The van der Waals surface area contributed by atoms with E-state index >= 15 is 0 Å². The Morgan fingerprint density at radius 1 is 1.30 bits per heavy atom. The van der Waals surface area contributed by atoms with Crippen LogP contribution in [-0.2, 0) is 11.2 Å². The molecule has 0 spiro atoms. The number of carbonyl (C=O) groups excluding carboxylic acids is 1. The number of nitrogens with one attached hydrogen (secondary N) is 1. The first-order valence-electron chi connectivity index (χ1n) is 6.75. The molecule has 106 valence electrons. The lowest BCUT2D eigenvalue weighted by Gasteiger charge is -2.16. The van der Waals surface area contributed by atoms with Gasteiger partial charge >= 0.3 is 5.97 Å². The van der Waals surface area contributed by atoms with Gasteiger partial charge in [-0.3, -0.25) is 0 Å². The first-order chi connectivity index (χ1) is 9.70. The monoisotopic (exact) mass is 273 g/mol. The Kier molecular flexibility index (Phi) is 4.82. The molecule has 0 aliphatic heterocycles. The van der Waals surface area contributed by atoms with Crippen molar-refractivity contribution in [2.75, 3.05) is 11.9 Å². The standard InChI is InChI=1S/C16H19NO3/c1-3-19-16(18)14-8-4-5-9-15(14)17-12(2)11-13-7-6-10-20-13/h4-10,12,17H,3,11H2,1-2H3. The molecule has 0 radical (unpaired) electrons. The highest BCUT2D eigenvalue weighted by Gasteiger charge is 2.14. The highest BCUT2D eigenvalue weighted by Crippen LogP contribution is 2.18. The van der Waals surface area contributed by atoms with Crippen LogP contribution in [0.3, 0.4) is 0 Å². The first-order valence-corrected chi connectivity index (χ1v) is 6.75. The van der Waals surface area contributed by atoms with Crippen LogP contribution in [0.5, 0.6) is 0 Å². The second kappa shape index (κ2) is 6.80. The fourth-order valence-electron chi connectivity index (χ4n) is 2.04. The molecule has 0 bridgehead atoms. The van der Waals surface area contributed by atoms with Gasteiger partial charge in [-0.2, -0.15) is 0 Å². The molecular weight excluding hydrogens is 254 g/mol. The fraction of sp³-hybridized carbons (Fsp3) is 0.312. The Morgan fingerprint density at radius 2 is 2.10 bits per heavy atom. The molecule has 1 heterocycles. The van der Waals surface area contributed by atoms with Crippen molar-refractivity contribution in [2.45, 2.75) is 26.3 Å². The summed E-state index contributed by atoms with van der Waals surface area (Å²) in [6.07, 6.45) is 2.42. The number of benzene rings is 1. The Hall–Kier alpha value is -2.23. The molecule has 1 aromatic carbocycles. The largest absolute Gasteiger partial charge is 0.469 e. The molecule has 1 unspecified atom stereocenters. The highest BCUT2D eigenvalue weighted by atomic mass is 16.5. The molecule has 4 heteroatoms. The van der Waals surface area contributed by atoms with Gasteiger partial charge in [-0.15, -0.1) is 0 Å². The number of carbonyl (C=O) groups is 1. The third-order valence-corrected chi connectivity index (χ3v) is 2.91. The summed E-state index contributed by atoms with van der Waals surface area (Å²) < 4.78 is 10.4. The summed E-state index contributed by atoms with van der Waals surface area (Å²) >= 11 is 0. The van der Waals surface area contributed by atoms with E-state index in [1.807, 2.05) is 37.3 Å². The van der Waals surface area contributed by atoms with Gasteiger partial charge in [0.15, 0.2) is 0 Å². The van der Waals surface area contributed by atoms with Crippen molar-refractivity contribution in [3.05, 3.63) is 54.0 Å². The number of hydrogen-bond acceptors (Lipinski definition) is 4. The van der Waals surface area contributed by atoms with E-state index in [0.717, 1.165) is 17.9 Å². The van der Waals surface area contributed by atoms with Crippen molar-refractivity contribution >= 4 is 11.7 Å². The Balaban J connectivity index is 2.06. The minimum atomic E-state index is -0.305. The minimum absolute atomic E-state index is 0.150. The van der Waals surface area contributed by atoms with Crippen molar-refractivity contribution in [3.8, 4) is 0 Å². The SMILES string of the molecule is CCOC(=O)c1ccccc1NC(C)Cc1ccco1. The van der Waals surface area contributed by atoms with Crippen molar-refractivity contribution < 1.29 is 13.9 Å². The van der Waals surface area contributed by atoms with Crippen LogP contribution in [0.25, 0.3) is 0 Å². The zero-order valence-corrected chi connectivity index (χ0v) is 11.8. The quantitative estimate of drug-likeness (QED) is 0.818. The van der Waals surface area contributed by atoms with E-state index in [9.17, 15) is 4.79 Å². The van der Waals surface area contributed by atoms with E-state index in [-0.39, 0.29) is 12.0 Å². The van der Waals surface area contributed by atoms with Gasteiger partial charge < -0.3 is 14.5 Å². The van der Waals surface area contributed by atoms with Crippen LogP contribution < -0.4 is 5.32 Å². The summed E-state index contributed by atoms with van der Waals surface area (Å²) in [4.78, 5) is 11.9. The molecule has 1 aromatic heterocycles. The topological polar surface area (TPSA) is 51.5 Å². The number of hydrogen-bond donors (Lipinski definition) is 1. The summed E-state index contributed by atoms with van der Waals surface area (Å²) in [5, 5.41) is 3.33. The predicted molar refractivity (Wildman–Crippen MR) is 77.9 cm³/mol. The van der Waals surface area contributed by atoms with Crippen molar-refractivity contribution in [1.29, 1.82) is 0 Å². The number of esters is 1. The number of ether oxygens (including phenoxy) is 1.